The van der Waals surface area contributed by atoms with E-state index >= 15 is 0 Å². The Labute approximate surface area is 155 Å². The van der Waals surface area contributed by atoms with Crippen LogP contribution in [-0.2, 0) is 13.1 Å². The van der Waals surface area contributed by atoms with Crippen LogP contribution in [0.5, 0.6) is 11.5 Å². The summed E-state index contributed by atoms with van der Waals surface area (Å²) in [4.78, 5) is 2.38. The average Bonchev–Trinajstić information content (AvgIpc) is 2.69. The quantitative estimate of drug-likeness (QED) is 0.585. The smallest absolute Gasteiger partial charge is 0.118 e. The molecule has 0 aliphatic rings. The van der Waals surface area contributed by atoms with Crippen molar-refractivity contribution in [2.45, 2.75) is 20.0 Å². The molecule has 0 N–H and O–H groups in total. The zero-order valence-corrected chi connectivity index (χ0v) is 15.6. The zero-order valence-electron chi connectivity index (χ0n) is 15.6. The fourth-order valence-corrected chi connectivity index (χ4v) is 2.90. The van der Waals surface area contributed by atoms with Crippen molar-refractivity contribution in [3.63, 3.8) is 0 Å². The van der Waals surface area contributed by atoms with Crippen LogP contribution in [0.15, 0.2) is 72.8 Å². The second-order valence-electron chi connectivity index (χ2n) is 6.39. The molecular weight excluding hydrogens is 322 g/mol. The molecule has 3 nitrogen and oxygen atoms in total. The standard InChI is InChI=1S/C23H25NO2/c1-18-4-10-21(11-5-18)24(16-19-6-12-22(25-2)13-7-19)17-20-8-14-23(26-3)15-9-20/h4-15H,16-17H2,1-3H3. The first-order valence-corrected chi connectivity index (χ1v) is 8.75. The molecule has 0 heterocycles. The molecule has 0 aromatic heterocycles. The first kappa shape index (κ1) is 17.9. The number of aryl methyl sites for hydroxylation is 1. The van der Waals surface area contributed by atoms with Gasteiger partial charge >= 0.3 is 0 Å². The predicted octanol–water partition coefficient (Wildman–Crippen LogP) is 5.22. The normalized spacial score (nSPS) is 10.4. The highest BCUT2D eigenvalue weighted by Crippen LogP contribution is 2.23. The van der Waals surface area contributed by atoms with Gasteiger partial charge in [-0.25, -0.2) is 0 Å². The Hall–Kier alpha value is -2.94. The molecule has 26 heavy (non-hydrogen) atoms. The summed E-state index contributed by atoms with van der Waals surface area (Å²) in [7, 11) is 3.38. The van der Waals surface area contributed by atoms with E-state index in [9.17, 15) is 0 Å². The van der Waals surface area contributed by atoms with Crippen LogP contribution in [0.25, 0.3) is 0 Å². The van der Waals surface area contributed by atoms with Crippen molar-refractivity contribution in [2.24, 2.45) is 0 Å². The number of ether oxygens (including phenoxy) is 2. The number of benzene rings is 3. The van der Waals surface area contributed by atoms with E-state index in [2.05, 4.69) is 60.4 Å². The number of methoxy groups -OCH3 is 2. The van der Waals surface area contributed by atoms with E-state index in [1.165, 1.54) is 22.4 Å². The van der Waals surface area contributed by atoms with Gasteiger partial charge in [-0.2, -0.15) is 0 Å². The van der Waals surface area contributed by atoms with E-state index in [1.54, 1.807) is 14.2 Å². The van der Waals surface area contributed by atoms with E-state index in [0.717, 1.165) is 24.6 Å². The topological polar surface area (TPSA) is 21.7 Å². The molecule has 0 aliphatic heterocycles. The maximum absolute atomic E-state index is 5.26. The number of anilines is 1. The molecule has 0 spiro atoms. The molecular formula is C23H25NO2. The van der Waals surface area contributed by atoms with E-state index in [-0.39, 0.29) is 0 Å². The van der Waals surface area contributed by atoms with Crippen LogP contribution >= 0.6 is 0 Å². The third kappa shape index (κ3) is 4.57. The monoisotopic (exact) mass is 347 g/mol. The molecule has 0 aliphatic carbocycles. The first-order chi connectivity index (χ1) is 12.7. The SMILES string of the molecule is COc1ccc(CN(Cc2ccc(OC)cc2)c2ccc(C)cc2)cc1. The third-order valence-electron chi connectivity index (χ3n) is 4.46. The predicted molar refractivity (Wildman–Crippen MR) is 107 cm³/mol. The highest BCUT2D eigenvalue weighted by atomic mass is 16.5. The van der Waals surface area contributed by atoms with Gasteiger partial charge in [-0.05, 0) is 54.4 Å². The fourth-order valence-electron chi connectivity index (χ4n) is 2.90. The van der Waals surface area contributed by atoms with Gasteiger partial charge in [-0.15, -0.1) is 0 Å². The summed E-state index contributed by atoms with van der Waals surface area (Å²) in [5, 5.41) is 0. The van der Waals surface area contributed by atoms with Crippen molar-refractivity contribution in [1.29, 1.82) is 0 Å². The maximum Gasteiger partial charge on any atom is 0.118 e. The minimum Gasteiger partial charge on any atom is -0.497 e. The van der Waals surface area contributed by atoms with E-state index in [1.807, 2.05) is 24.3 Å². The van der Waals surface area contributed by atoms with Crippen molar-refractivity contribution in [3.05, 3.63) is 89.5 Å². The molecule has 3 aromatic carbocycles. The minimum atomic E-state index is 0.832. The van der Waals surface area contributed by atoms with Crippen LogP contribution in [-0.4, -0.2) is 14.2 Å². The van der Waals surface area contributed by atoms with Crippen LogP contribution in [0.1, 0.15) is 16.7 Å². The Balaban J connectivity index is 1.83. The van der Waals surface area contributed by atoms with Crippen molar-refractivity contribution < 1.29 is 9.47 Å². The Kier molecular flexibility index (Phi) is 5.80. The van der Waals surface area contributed by atoms with Gasteiger partial charge in [0, 0.05) is 18.8 Å². The van der Waals surface area contributed by atoms with Gasteiger partial charge in [0.2, 0.25) is 0 Å². The van der Waals surface area contributed by atoms with Gasteiger partial charge in [-0.3, -0.25) is 0 Å². The lowest BCUT2D eigenvalue weighted by molar-refractivity contribution is 0.414. The molecule has 0 radical (unpaired) electrons. The van der Waals surface area contributed by atoms with Gasteiger partial charge in [0.15, 0.2) is 0 Å². The highest BCUT2D eigenvalue weighted by Gasteiger charge is 2.09. The summed E-state index contributed by atoms with van der Waals surface area (Å²) < 4.78 is 10.5. The van der Waals surface area contributed by atoms with Crippen LogP contribution in [0, 0.1) is 6.92 Å². The summed E-state index contributed by atoms with van der Waals surface area (Å²) in [5.74, 6) is 1.76. The van der Waals surface area contributed by atoms with Gasteiger partial charge in [0.05, 0.1) is 14.2 Å². The first-order valence-electron chi connectivity index (χ1n) is 8.75. The number of hydrogen-bond acceptors (Lipinski definition) is 3. The van der Waals surface area contributed by atoms with Crippen LogP contribution in [0.4, 0.5) is 5.69 Å². The third-order valence-corrected chi connectivity index (χ3v) is 4.46. The van der Waals surface area contributed by atoms with E-state index in [4.69, 9.17) is 9.47 Å². The maximum atomic E-state index is 5.26. The molecule has 134 valence electrons. The van der Waals surface area contributed by atoms with Gasteiger partial charge < -0.3 is 14.4 Å². The van der Waals surface area contributed by atoms with Gasteiger partial charge in [-0.1, -0.05) is 42.0 Å². The van der Waals surface area contributed by atoms with Gasteiger partial charge in [0.25, 0.3) is 0 Å². The Morgan fingerprint density at radius 2 is 1.04 bits per heavy atom. The summed E-state index contributed by atoms with van der Waals surface area (Å²) in [6.07, 6.45) is 0. The zero-order chi connectivity index (χ0) is 18.4. The average molecular weight is 347 g/mol. The van der Waals surface area contributed by atoms with Crippen molar-refractivity contribution in [1.82, 2.24) is 0 Å². The number of hydrogen-bond donors (Lipinski definition) is 0. The molecule has 3 rings (SSSR count). The Morgan fingerprint density at radius 3 is 1.42 bits per heavy atom. The fraction of sp³-hybridized carbons (Fsp3) is 0.217. The number of rotatable bonds is 7. The molecule has 0 amide bonds. The Bertz CT molecular complexity index is 759. The van der Waals surface area contributed by atoms with Crippen molar-refractivity contribution in [3.8, 4) is 11.5 Å². The molecule has 0 unspecified atom stereocenters. The lowest BCUT2D eigenvalue weighted by Gasteiger charge is -2.25. The van der Waals surface area contributed by atoms with Crippen molar-refractivity contribution in [2.75, 3.05) is 19.1 Å². The lowest BCUT2D eigenvalue weighted by atomic mass is 10.1. The summed E-state index contributed by atoms with van der Waals surface area (Å²) in [6.45, 7) is 3.78. The van der Waals surface area contributed by atoms with Crippen LogP contribution in [0.3, 0.4) is 0 Å². The Morgan fingerprint density at radius 1 is 0.615 bits per heavy atom. The highest BCUT2D eigenvalue weighted by molar-refractivity contribution is 5.49. The van der Waals surface area contributed by atoms with Crippen LogP contribution in [0.2, 0.25) is 0 Å². The molecule has 0 bridgehead atoms. The molecule has 0 atom stereocenters. The largest absolute Gasteiger partial charge is 0.497 e. The summed E-state index contributed by atoms with van der Waals surface area (Å²) >= 11 is 0. The second-order valence-corrected chi connectivity index (χ2v) is 6.39. The van der Waals surface area contributed by atoms with Gasteiger partial charge in [0.1, 0.15) is 11.5 Å². The molecule has 0 fully saturated rings. The molecule has 0 saturated heterocycles. The number of nitrogens with zero attached hydrogens (tertiary/aromatic N) is 1. The summed E-state index contributed by atoms with van der Waals surface area (Å²) in [6, 6.07) is 25.2. The molecule has 3 heteroatoms. The summed E-state index contributed by atoms with van der Waals surface area (Å²) in [5.41, 5.74) is 4.98. The van der Waals surface area contributed by atoms with E-state index < -0.39 is 0 Å². The van der Waals surface area contributed by atoms with Crippen LogP contribution < -0.4 is 14.4 Å². The minimum absolute atomic E-state index is 0.832. The molecule has 0 saturated carbocycles. The second kappa shape index (κ2) is 8.43. The van der Waals surface area contributed by atoms with E-state index in [0.29, 0.717) is 0 Å². The lowest BCUT2D eigenvalue weighted by Crippen LogP contribution is -2.22. The van der Waals surface area contributed by atoms with Crippen molar-refractivity contribution >= 4 is 5.69 Å². The molecule has 3 aromatic rings.